The van der Waals surface area contributed by atoms with Crippen molar-refractivity contribution < 1.29 is 14.2 Å². The van der Waals surface area contributed by atoms with Gasteiger partial charge in [-0.3, -0.25) is 0 Å². The number of hydrogen-bond donors (Lipinski definition) is 3. The number of ether oxygens (including phenoxy) is 3. The summed E-state index contributed by atoms with van der Waals surface area (Å²) in [5, 5.41) is 0. The maximum absolute atomic E-state index is 6.87. The van der Waals surface area contributed by atoms with Crippen LogP contribution in [0.3, 0.4) is 0 Å². The summed E-state index contributed by atoms with van der Waals surface area (Å²) in [5.41, 5.74) is 19.7. The first-order valence-corrected chi connectivity index (χ1v) is 18.4. The Kier molecular flexibility index (Phi) is 12.4. The zero-order chi connectivity index (χ0) is 32.0. The summed E-state index contributed by atoms with van der Waals surface area (Å²) in [5.74, 6) is 3.69. The van der Waals surface area contributed by atoms with Crippen molar-refractivity contribution in [3.05, 3.63) is 35.9 Å². The zero-order valence-corrected chi connectivity index (χ0v) is 29.0. The van der Waals surface area contributed by atoms with Gasteiger partial charge in [0.25, 0.3) is 0 Å². The second-order valence-electron chi connectivity index (χ2n) is 15.8. The van der Waals surface area contributed by atoms with E-state index in [9.17, 15) is 0 Å². The Morgan fingerprint density at radius 1 is 0.867 bits per heavy atom. The fourth-order valence-electron chi connectivity index (χ4n) is 11.2. The minimum Gasteiger partial charge on any atom is -0.377 e. The highest BCUT2D eigenvalue weighted by molar-refractivity contribution is 5.16. The van der Waals surface area contributed by atoms with Gasteiger partial charge in [-0.2, -0.15) is 0 Å². The van der Waals surface area contributed by atoms with E-state index in [0.29, 0.717) is 81.1 Å². The van der Waals surface area contributed by atoms with Gasteiger partial charge in [0.2, 0.25) is 0 Å². The summed E-state index contributed by atoms with van der Waals surface area (Å²) >= 11 is 0. The van der Waals surface area contributed by atoms with Crippen molar-refractivity contribution in [2.24, 2.45) is 63.5 Å². The Morgan fingerprint density at radius 3 is 2.31 bits per heavy atom. The molecule has 7 nitrogen and oxygen atoms in total. The molecule has 4 saturated carbocycles. The lowest BCUT2D eigenvalue weighted by molar-refractivity contribution is -0.226. The minimum absolute atomic E-state index is 0.140. The van der Waals surface area contributed by atoms with E-state index >= 15 is 0 Å². The third kappa shape index (κ3) is 7.50. The molecule has 256 valence electrons. The average Bonchev–Trinajstić information content (AvgIpc) is 3.40. The molecule has 4 fully saturated rings. The largest absolute Gasteiger partial charge is 0.377 e. The first-order valence-electron chi connectivity index (χ1n) is 18.4. The van der Waals surface area contributed by atoms with Crippen LogP contribution in [0.1, 0.15) is 84.1 Å². The Morgan fingerprint density at radius 2 is 1.58 bits per heavy atom. The van der Waals surface area contributed by atoms with Gasteiger partial charge in [0.1, 0.15) is 0 Å². The average molecular weight is 627 g/mol. The number of rotatable bonds is 16. The van der Waals surface area contributed by atoms with Crippen molar-refractivity contribution in [2.75, 3.05) is 53.0 Å². The van der Waals surface area contributed by atoms with E-state index in [4.69, 9.17) is 31.4 Å². The van der Waals surface area contributed by atoms with Crippen molar-refractivity contribution in [3.8, 4) is 0 Å². The molecule has 0 saturated heterocycles. The number of benzene rings is 1. The van der Waals surface area contributed by atoms with Crippen LogP contribution in [0.5, 0.6) is 0 Å². The Labute approximate surface area is 274 Å². The van der Waals surface area contributed by atoms with Crippen LogP contribution in [0.25, 0.3) is 0 Å². The van der Waals surface area contributed by atoms with Crippen molar-refractivity contribution in [3.63, 3.8) is 0 Å². The molecule has 7 heteroatoms. The Hall–Kier alpha value is -1.06. The van der Waals surface area contributed by atoms with Crippen molar-refractivity contribution in [2.45, 2.75) is 103 Å². The van der Waals surface area contributed by atoms with Gasteiger partial charge in [0.05, 0.1) is 38.1 Å². The van der Waals surface area contributed by atoms with E-state index in [-0.39, 0.29) is 23.0 Å². The highest BCUT2D eigenvalue weighted by Gasteiger charge is 2.66. The van der Waals surface area contributed by atoms with Crippen molar-refractivity contribution >= 4 is 0 Å². The van der Waals surface area contributed by atoms with Gasteiger partial charge in [-0.15, -0.1) is 0 Å². The van der Waals surface area contributed by atoms with Gasteiger partial charge >= 0.3 is 0 Å². The molecule has 45 heavy (non-hydrogen) atoms. The Bertz CT molecular complexity index is 1030. The van der Waals surface area contributed by atoms with E-state index in [1.807, 2.05) is 0 Å². The minimum atomic E-state index is 0.140. The zero-order valence-electron chi connectivity index (χ0n) is 29.0. The van der Waals surface area contributed by atoms with Crippen molar-refractivity contribution in [1.82, 2.24) is 4.90 Å². The van der Waals surface area contributed by atoms with Crippen LogP contribution in [-0.4, -0.2) is 76.3 Å². The number of hydrogen-bond acceptors (Lipinski definition) is 7. The third-order valence-electron chi connectivity index (χ3n) is 13.3. The molecule has 4 unspecified atom stereocenters. The standard InChI is InChI=1S/C38H66N4O3/c1-27(9-8-19-42(4)26-28-10-6-5-7-11-28)31-12-13-32-36-33(25-35(38(31,32)3)45-22-18-41)37(2)15-14-30(43-20-16-39)23-29(37)24-34(36)44-21-17-40/h5-7,10-11,27,29-36H,8-9,12-26,39-41H2,1-4H3/t27-,29?,30-,31-,32?,33?,34-,35+,36?,37+,38-/m1/s1. The molecule has 0 aromatic heterocycles. The predicted octanol–water partition coefficient (Wildman–Crippen LogP) is 5.45. The second-order valence-corrected chi connectivity index (χ2v) is 15.8. The lowest BCUT2D eigenvalue weighted by Gasteiger charge is -2.64. The normalized spacial score (nSPS) is 38.5. The molecule has 0 heterocycles. The van der Waals surface area contributed by atoms with Crippen LogP contribution >= 0.6 is 0 Å². The highest BCUT2D eigenvalue weighted by Crippen LogP contribution is 2.69. The summed E-state index contributed by atoms with van der Waals surface area (Å²) < 4.78 is 19.9. The van der Waals surface area contributed by atoms with E-state index in [1.54, 1.807) is 0 Å². The van der Waals surface area contributed by atoms with Crippen LogP contribution < -0.4 is 17.2 Å². The second kappa shape index (κ2) is 15.9. The molecule has 5 rings (SSSR count). The predicted molar refractivity (Wildman–Crippen MR) is 184 cm³/mol. The van der Waals surface area contributed by atoms with Gasteiger partial charge in [0, 0.05) is 31.6 Å². The molecule has 6 N–H and O–H groups in total. The molecule has 4 aliphatic rings. The summed E-state index contributed by atoms with van der Waals surface area (Å²) in [6, 6.07) is 10.8. The van der Waals surface area contributed by atoms with Gasteiger partial charge in [-0.25, -0.2) is 0 Å². The molecular formula is C38H66N4O3. The number of nitrogens with zero attached hydrogens (tertiary/aromatic N) is 1. The van der Waals surface area contributed by atoms with Crippen molar-refractivity contribution in [1.29, 1.82) is 0 Å². The van der Waals surface area contributed by atoms with Crippen LogP contribution in [0, 0.1) is 46.3 Å². The molecule has 4 aliphatic carbocycles. The molecular weight excluding hydrogens is 560 g/mol. The summed E-state index contributed by atoms with van der Waals surface area (Å²) in [4.78, 5) is 2.48. The monoisotopic (exact) mass is 627 g/mol. The van der Waals surface area contributed by atoms with Gasteiger partial charge in [-0.05, 0) is 118 Å². The SMILES string of the molecule is C[C@H](CCCN(C)Cc1ccccc1)[C@H]1CCC2C3C(C[C@H](OCCN)[C@@]21C)[C@@]1(C)CC[C@@H](OCCN)CC1C[C@H]3OCCN. The summed E-state index contributed by atoms with van der Waals surface area (Å²) in [6.07, 6.45) is 11.7. The number of nitrogens with two attached hydrogens (primary N) is 3. The van der Waals surface area contributed by atoms with E-state index < -0.39 is 0 Å². The molecule has 0 radical (unpaired) electrons. The maximum Gasteiger partial charge on any atom is 0.0637 e. The van der Waals surface area contributed by atoms with E-state index in [1.165, 1.54) is 37.7 Å². The maximum atomic E-state index is 6.87. The summed E-state index contributed by atoms with van der Waals surface area (Å²) in [7, 11) is 2.26. The fourth-order valence-corrected chi connectivity index (χ4v) is 11.2. The molecule has 1 aromatic rings. The molecule has 0 aliphatic heterocycles. The topological polar surface area (TPSA) is 109 Å². The molecule has 1 aromatic carbocycles. The molecule has 0 amide bonds. The quantitative estimate of drug-likeness (QED) is 0.224. The lowest BCUT2D eigenvalue weighted by atomic mass is 9.43. The third-order valence-corrected chi connectivity index (χ3v) is 13.3. The van der Waals surface area contributed by atoms with E-state index in [2.05, 4.69) is 63.1 Å². The molecule has 0 spiro atoms. The fraction of sp³-hybridized carbons (Fsp3) is 0.842. The first kappa shape index (κ1) is 35.3. The van der Waals surface area contributed by atoms with Gasteiger partial charge in [0.15, 0.2) is 0 Å². The highest BCUT2D eigenvalue weighted by atomic mass is 16.5. The molecule has 11 atom stereocenters. The van der Waals surface area contributed by atoms with Gasteiger partial charge < -0.3 is 36.3 Å². The molecule has 0 bridgehead atoms. The van der Waals surface area contributed by atoms with Crippen LogP contribution in [0.4, 0.5) is 0 Å². The van der Waals surface area contributed by atoms with Crippen LogP contribution in [0.2, 0.25) is 0 Å². The smallest absolute Gasteiger partial charge is 0.0637 e. The van der Waals surface area contributed by atoms with Crippen LogP contribution in [-0.2, 0) is 20.8 Å². The first-order chi connectivity index (χ1) is 21.8. The van der Waals surface area contributed by atoms with Crippen LogP contribution in [0.15, 0.2) is 30.3 Å². The summed E-state index contributed by atoms with van der Waals surface area (Å²) in [6.45, 7) is 13.6. The van der Waals surface area contributed by atoms with Gasteiger partial charge in [-0.1, -0.05) is 51.1 Å². The van der Waals surface area contributed by atoms with E-state index in [0.717, 1.165) is 38.8 Å². The number of fused-ring (bicyclic) bond motifs is 5. The lowest BCUT2D eigenvalue weighted by Crippen LogP contribution is -2.63. The Balaban J connectivity index is 1.33.